The van der Waals surface area contributed by atoms with Crippen molar-refractivity contribution < 1.29 is 4.74 Å². The van der Waals surface area contributed by atoms with E-state index < -0.39 is 0 Å². The van der Waals surface area contributed by atoms with Crippen molar-refractivity contribution in [3.8, 4) is 0 Å². The summed E-state index contributed by atoms with van der Waals surface area (Å²) < 4.78 is 5.43. The summed E-state index contributed by atoms with van der Waals surface area (Å²) in [6, 6.07) is 6.12. The monoisotopic (exact) mass is 354 g/mol. The van der Waals surface area contributed by atoms with Gasteiger partial charge in [-0.25, -0.2) is 4.98 Å². The third-order valence-electron chi connectivity index (χ3n) is 5.11. The second-order valence-electron chi connectivity index (χ2n) is 6.84. The van der Waals surface area contributed by atoms with E-state index in [1.165, 1.54) is 11.3 Å². The van der Waals surface area contributed by atoms with Gasteiger partial charge in [0, 0.05) is 58.2 Å². The molecule has 0 atom stereocenters. The maximum atomic E-state index is 5.43. The van der Waals surface area contributed by atoms with E-state index in [2.05, 4.69) is 37.7 Å². The minimum Gasteiger partial charge on any atom is -0.378 e. The first kappa shape index (κ1) is 17.2. The van der Waals surface area contributed by atoms with Crippen molar-refractivity contribution in [1.82, 2.24) is 19.9 Å². The van der Waals surface area contributed by atoms with E-state index in [0.29, 0.717) is 0 Å². The molecule has 4 rings (SSSR count). The summed E-state index contributed by atoms with van der Waals surface area (Å²) in [6.45, 7) is 10.3. The fraction of sp³-hybridized carbons (Fsp3) is 0.526. The van der Waals surface area contributed by atoms with Gasteiger partial charge in [-0.05, 0) is 24.6 Å². The van der Waals surface area contributed by atoms with Crippen LogP contribution in [-0.4, -0.2) is 72.3 Å². The van der Waals surface area contributed by atoms with E-state index in [-0.39, 0.29) is 0 Å². The second kappa shape index (κ2) is 7.97. The average molecular weight is 354 g/mol. The summed E-state index contributed by atoms with van der Waals surface area (Å²) in [5.74, 6) is 1.84. The van der Waals surface area contributed by atoms with Crippen molar-refractivity contribution in [2.24, 2.45) is 0 Å². The molecule has 138 valence electrons. The topological polar surface area (TPSA) is 57.6 Å². The molecule has 2 aromatic rings. The van der Waals surface area contributed by atoms with E-state index in [1.54, 1.807) is 0 Å². The van der Waals surface area contributed by atoms with E-state index in [4.69, 9.17) is 9.72 Å². The number of aromatic nitrogens is 3. The molecule has 0 spiro atoms. The Hall–Kier alpha value is -2.25. The molecule has 2 aliphatic heterocycles. The van der Waals surface area contributed by atoms with Gasteiger partial charge in [-0.1, -0.05) is 6.07 Å². The van der Waals surface area contributed by atoms with Gasteiger partial charge in [-0.15, -0.1) is 0 Å². The number of hydrogen-bond donors (Lipinski definition) is 0. The van der Waals surface area contributed by atoms with Gasteiger partial charge in [0.15, 0.2) is 0 Å². The van der Waals surface area contributed by atoms with Crippen LogP contribution < -0.4 is 9.80 Å². The van der Waals surface area contributed by atoms with E-state index >= 15 is 0 Å². The number of morpholine rings is 1. The molecule has 7 nitrogen and oxygen atoms in total. The largest absolute Gasteiger partial charge is 0.378 e. The van der Waals surface area contributed by atoms with Gasteiger partial charge in [0.1, 0.15) is 5.82 Å². The van der Waals surface area contributed by atoms with E-state index in [0.717, 1.165) is 70.8 Å². The van der Waals surface area contributed by atoms with Crippen molar-refractivity contribution in [1.29, 1.82) is 0 Å². The molecule has 0 bridgehead atoms. The molecule has 7 heteroatoms. The Kier molecular flexibility index (Phi) is 5.26. The molecule has 4 heterocycles. The molecule has 0 radical (unpaired) electrons. The number of hydrogen-bond acceptors (Lipinski definition) is 7. The molecular weight excluding hydrogens is 328 g/mol. The molecular formula is C19H26N6O. The van der Waals surface area contributed by atoms with Gasteiger partial charge in [-0.3, -0.25) is 9.88 Å². The minimum absolute atomic E-state index is 0.769. The molecule has 0 N–H and O–H groups in total. The van der Waals surface area contributed by atoms with Gasteiger partial charge >= 0.3 is 0 Å². The summed E-state index contributed by atoms with van der Waals surface area (Å²) >= 11 is 0. The Morgan fingerprint density at radius 3 is 2.50 bits per heavy atom. The fourth-order valence-electron chi connectivity index (χ4n) is 3.46. The Bertz CT molecular complexity index is 725. The van der Waals surface area contributed by atoms with Gasteiger partial charge in [-0.2, -0.15) is 4.98 Å². The summed E-state index contributed by atoms with van der Waals surface area (Å²) in [6.07, 6.45) is 3.75. The highest BCUT2D eigenvalue weighted by Gasteiger charge is 2.21. The van der Waals surface area contributed by atoms with Gasteiger partial charge in [0.25, 0.3) is 0 Å². The third-order valence-corrected chi connectivity index (χ3v) is 5.11. The molecule has 26 heavy (non-hydrogen) atoms. The highest BCUT2D eigenvalue weighted by molar-refractivity contribution is 5.44. The molecule has 0 aromatic carbocycles. The molecule has 2 fully saturated rings. The fourth-order valence-corrected chi connectivity index (χ4v) is 3.46. The smallest absolute Gasteiger partial charge is 0.227 e. The molecule has 0 saturated carbocycles. The van der Waals surface area contributed by atoms with Crippen LogP contribution >= 0.6 is 0 Å². The zero-order chi connectivity index (χ0) is 17.8. The number of piperazine rings is 1. The maximum absolute atomic E-state index is 5.43. The van der Waals surface area contributed by atoms with Gasteiger partial charge in [0.05, 0.1) is 18.9 Å². The molecule has 2 aromatic heterocycles. The van der Waals surface area contributed by atoms with Gasteiger partial charge < -0.3 is 14.5 Å². The van der Waals surface area contributed by atoms with Crippen molar-refractivity contribution in [2.75, 3.05) is 62.3 Å². The highest BCUT2D eigenvalue weighted by atomic mass is 16.5. The minimum atomic E-state index is 0.769. The predicted octanol–water partition coefficient (Wildman–Crippen LogP) is 1.34. The third kappa shape index (κ3) is 3.94. The lowest BCUT2D eigenvalue weighted by molar-refractivity contribution is 0.122. The van der Waals surface area contributed by atoms with Crippen LogP contribution in [0.2, 0.25) is 0 Å². The number of ether oxygens (including phenoxy) is 1. The number of nitrogens with zero attached hydrogens (tertiary/aromatic N) is 6. The molecule has 0 unspecified atom stereocenters. The lowest BCUT2D eigenvalue weighted by Gasteiger charge is -2.35. The van der Waals surface area contributed by atoms with Crippen molar-refractivity contribution in [3.05, 3.63) is 41.9 Å². The Morgan fingerprint density at radius 2 is 1.73 bits per heavy atom. The van der Waals surface area contributed by atoms with E-state index in [9.17, 15) is 0 Å². The normalized spacial score (nSPS) is 19.0. The van der Waals surface area contributed by atoms with Crippen LogP contribution in [0.15, 0.2) is 30.6 Å². The number of rotatable bonds is 4. The maximum Gasteiger partial charge on any atom is 0.227 e. The first-order valence-corrected chi connectivity index (χ1v) is 9.33. The summed E-state index contributed by atoms with van der Waals surface area (Å²) in [4.78, 5) is 20.8. The van der Waals surface area contributed by atoms with Crippen LogP contribution in [0.5, 0.6) is 0 Å². The highest BCUT2D eigenvalue weighted by Crippen LogP contribution is 2.18. The van der Waals surface area contributed by atoms with Crippen molar-refractivity contribution in [3.63, 3.8) is 0 Å². The molecule has 0 aliphatic carbocycles. The average Bonchev–Trinajstić information content (AvgIpc) is 2.71. The van der Waals surface area contributed by atoms with Crippen LogP contribution in [0, 0.1) is 6.92 Å². The summed E-state index contributed by atoms with van der Waals surface area (Å²) in [7, 11) is 0. The van der Waals surface area contributed by atoms with Crippen molar-refractivity contribution >= 4 is 11.8 Å². The van der Waals surface area contributed by atoms with Crippen LogP contribution in [0.25, 0.3) is 0 Å². The second-order valence-corrected chi connectivity index (χ2v) is 6.84. The molecule has 0 amide bonds. The van der Waals surface area contributed by atoms with Crippen molar-refractivity contribution in [2.45, 2.75) is 13.5 Å². The lowest BCUT2D eigenvalue weighted by atomic mass is 10.2. The Labute approximate surface area is 154 Å². The zero-order valence-electron chi connectivity index (χ0n) is 15.3. The lowest BCUT2D eigenvalue weighted by Crippen LogP contribution is -2.47. The first-order valence-electron chi connectivity index (χ1n) is 9.33. The number of anilines is 2. The van der Waals surface area contributed by atoms with E-state index in [1.807, 2.05) is 24.5 Å². The summed E-state index contributed by atoms with van der Waals surface area (Å²) in [5, 5.41) is 0. The van der Waals surface area contributed by atoms with Crippen LogP contribution in [-0.2, 0) is 11.3 Å². The van der Waals surface area contributed by atoms with Gasteiger partial charge in [0.2, 0.25) is 5.95 Å². The SMILES string of the molecule is Cc1cccnc1CN1CCN(c2nccc(N3CCOCC3)n2)CC1. The van der Waals surface area contributed by atoms with Crippen LogP contribution in [0.1, 0.15) is 11.3 Å². The molecule has 2 saturated heterocycles. The van der Waals surface area contributed by atoms with Crippen LogP contribution in [0.3, 0.4) is 0 Å². The Morgan fingerprint density at radius 1 is 0.923 bits per heavy atom. The zero-order valence-corrected chi connectivity index (χ0v) is 15.3. The predicted molar refractivity (Wildman–Crippen MR) is 102 cm³/mol. The quantitative estimate of drug-likeness (QED) is 0.821. The summed E-state index contributed by atoms with van der Waals surface area (Å²) in [5.41, 5.74) is 2.43. The Balaban J connectivity index is 1.36. The number of aryl methyl sites for hydroxylation is 1. The number of pyridine rings is 1. The van der Waals surface area contributed by atoms with Crippen LogP contribution in [0.4, 0.5) is 11.8 Å². The first-order chi connectivity index (χ1) is 12.8. The molecule has 2 aliphatic rings. The standard InChI is InChI=1S/C19H26N6O/c1-16-3-2-5-20-17(16)15-23-7-9-25(10-8-23)19-21-6-4-18(22-19)24-11-13-26-14-12-24/h2-6H,7-15H2,1H3.